The van der Waals surface area contributed by atoms with E-state index in [-0.39, 0.29) is 6.04 Å². The van der Waals surface area contributed by atoms with E-state index < -0.39 is 0 Å². The van der Waals surface area contributed by atoms with E-state index in [0.29, 0.717) is 6.61 Å². The second-order valence-corrected chi connectivity index (χ2v) is 3.95. The quantitative estimate of drug-likeness (QED) is 0.803. The molecule has 0 aliphatic heterocycles. The van der Waals surface area contributed by atoms with E-state index in [1.165, 1.54) is 0 Å². The summed E-state index contributed by atoms with van der Waals surface area (Å²) in [6.07, 6.45) is 1.81. The Morgan fingerprint density at radius 3 is 2.62 bits per heavy atom. The van der Waals surface area contributed by atoms with Gasteiger partial charge in [0.05, 0.1) is 13.7 Å². The Balaban J connectivity index is 2.88. The fraction of sp³-hybridized carbons (Fsp3) is 0.538. The van der Waals surface area contributed by atoms with E-state index in [4.69, 9.17) is 15.2 Å². The van der Waals surface area contributed by atoms with Crippen molar-refractivity contribution in [1.29, 1.82) is 0 Å². The van der Waals surface area contributed by atoms with Crippen molar-refractivity contribution in [3.05, 3.63) is 29.3 Å². The average molecular weight is 223 g/mol. The Hall–Kier alpha value is -1.06. The molecule has 0 bridgehead atoms. The van der Waals surface area contributed by atoms with Gasteiger partial charge in [0, 0.05) is 13.2 Å². The van der Waals surface area contributed by atoms with Gasteiger partial charge >= 0.3 is 0 Å². The van der Waals surface area contributed by atoms with E-state index in [0.717, 1.165) is 29.7 Å². The molecular formula is C13H21NO2. The highest BCUT2D eigenvalue weighted by atomic mass is 16.5. The Bertz CT molecular complexity index is 326. The molecule has 0 saturated heterocycles. The summed E-state index contributed by atoms with van der Waals surface area (Å²) in [5.74, 6) is 0.906. The summed E-state index contributed by atoms with van der Waals surface area (Å²) < 4.78 is 10.4. The number of ether oxygens (including phenoxy) is 2. The number of rotatable bonds is 6. The Morgan fingerprint density at radius 2 is 2.06 bits per heavy atom. The van der Waals surface area contributed by atoms with Gasteiger partial charge in [-0.1, -0.05) is 13.0 Å². The molecular weight excluding hydrogens is 202 g/mol. The molecule has 0 amide bonds. The molecule has 16 heavy (non-hydrogen) atoms. The van der Waals surface area contributed by atoms with Crippen molar-refractivity contribution in [1.82, 2.24) is 0 Å². The van der Waals surface area contributed by atoms with Gasteiger partial charge in [0.1, 0.15) is 5.75 Å². The summed E-state index contributed by atoms with van der Waals surface area (Å²) in [7, 11) is 3.38. The lowest BCUT2D eigenvalue weighted by atomic mass is 10.0. The smallest absolute Gasteiger partial charge is 0.122 e. The summed E-state index contributed by atoms with van der Waals surface area (Å²) in [5.41, 5.74) is 8.28. The van der Waals surface area contributed by atoms with Crippen LogP contribution in [0.5, 0.6) is 5.75 Å². The Morgan fingerprint density at radius 1 is 1.31 bits per heavy atom. The predicted molar refractivity (Wildman–Crippen MR) is 65.7 cm³/mol. The molecule has 90 valence electrons. The van der Waals surface area contributed by atoms with Crippen LogP contribution in [0.2, 0.25) is 0 Å². The lowest BCUT2D eigenvalue weighted by molar-refractivity contribution is 0.184. The summed E-state index contributed by atoms with van der Waals surface area (Å²) in [6, 6.07) is 6.29. The maximum Gasteiger partial charge on any atom is 0.122 e. The molecule has 0 aliphatic rings. The number of hydrogen-bond donors (Lipinski definition) is 1. The number of benzene rings is 1. The Kier molecular flexibility index (Phi) is 5.29. The molecule has 3 nitrogen and oxygen atoms in total. The summed E-state index contributed by atoms with van der Waals surface area (Å²) in [4.78, 5) is 0. The van der Waals surface area contributed by atoms with Crippen LogP contribution in [0.15, 0.2) is 18.2 Å². The zero-order valence-corrected chi connectivity index (χ0v) is 10.3. The molecule has 0 spiro atoms. The first-order valence-electron chi connectivity index (χ1n) is 5.61. The number of nitrogens with two attached hydrogens (primary N) is 1. The van der Waals surface area contributed by atoms with Crippen molar-refractivity contribution < 1.29 is 9.47 Å². The second kappa shape index (κ2) is 6.51. The van der Waals surface area contributed by atoms with Gasteiger partial charge in [0.25, 0.3) is 0 Å². The molecule has 1 aromatic rings. The van der Waals surface area contributed by atoms with E-state index in [9.17, 15) is 0 Å². The monoisotopic (exact) mass is 223 g/mol. The molecule has 0 saturated carbocycles. The van der Waals surface area contributed by atoms with Crippen LogP contribution in [-0.2, 0) is 17.8 Å². The van der Waals surface area contributed by atoms with Crippen LogP contribution in [0.3, 0.4) is 0 Å². The van der Waals surface area contributed by atoms with Gasteiger partial charge < -0.3 is 15.2 Å². The minimum Gasteiger partial charge on any atom is -0.496 e. The largest absolute Gasteiger partial charge is 0.496 e. The molecule has 3 heteroatoms. The van der Waals surface area contributed by atoms with Gasteiger partial charge in [-0.3, -0.25) is 0 Å². The maximum atomic E-state index is 5.97. The Labute approximate surface area is 97.6 Å². The number of hydrogen-bond acceptors (Lipinski definition) is 3. The first-order chi connectivity index (χ1) is 7.71. The minimum atomic E-state index is 0.187. The SMILES string of the molecule is CCC(N)Cc1cc(COC)ccc1OC. The van der Waals surface area contributed by atoms with Gasteiger partial charge in [0.15, 0.2) is 0 Å². The van der Waals surface area contributed by atoms with E-state index in [1.54, 1.807) is 14.2 Å². The first kappa shape index (κ1) is 13.0. The van der Waals surface area contributed by atoms with Crippen molar-refractivity contribution in [2.75, 3.05) is 14.2 Å². The van der Waals surface area contributed by atoms with Crippen LogP contribution in [-0.4, -0.2) is 20.3 Å². The van der Waals surface area contributed by atoms with Crippen LogP contribution in [0.25, 0.3) is 0 Å². The second-order valence-electron chi connectivity index (χ2n) is 3.95. The average Bonchev–Trinajstić information content (AvgIpc) is 2.30. The van der Waals surface area contributed by atoms with E-state index >= 15 is 0 Å². The standard InChI is InChI=1S/C13H21NO2/c1-4-12(14)8-11-7-10(9-15-2)5-6-13(11)16-3/h5-7,12H,4,8-9,14H2,1-3H3. The summed E-state index contributed by atoms with van der Waals surface area (Å²) in [5, 5.41) is 0. The van der Waals surface area contributed by atoms with Crippen LogP contribution >= 0.6 is 0 Å². The fourth-order valence-corrected chi connectivity index (χ4v) is 1.67. The third-order valence-electron chi connectivity index (χ3n) is 2.66. The van der Waals surface area contributed by atoms with Crippen LogP contribution in [0.4, 0.5) is 0 Å². The molecule has 1 rings (SSSR count). The zero-order valence-electron chi connectivity index (χ0n) is 10.3. The molecule has 1 aromatic carbocycles. The fourth-order valence-electron chi connectivity index (χ4n) is 1.67. The topological polar surface area (TPSA) is 44.5 Å². The molecule has 0 aliphatic carbocycles. The van der Waals surface area contributed by atoms with Crippen molar-refractivity contribution in [3.8, 4) is 5.75 Å². The number of methoxy groups -OCH3 is 2. The van der Waals surface area contributed by atoms with Crippen molar-refractivity contribution in [2.45, 2.75) is 32.4 Å². The van der Waals surface area contributed by atoms with Gasteiger partial charge in [-0.2, -0.15) is 0 Å². The molecule has 0 heterocycles. The normalized spacial score (nSPS) is 12.5. The molecule has 2 N–H and O–H groups in total. The lowest BCUT2D eigenvalue weighted by Gasteiger charge is -2.14. The first-order valence-corrected chi connectivity index (χ1v) is 5.61. The van der Waals surface area contributed by atoms with Crippen molar-refractivity contribution in [2.24, 2.45) is 5.73 Å². The van der Waals surface area contributed by atoms with Crippen molar-refractivity contribution in [3.63, 3.8) is 0 Å². The lowest BCUT2D eigenvalue weighted by Crippen LogP contribution is -2.21. The molecule has 1 unspecified atom stereocenters. The van der Waals surface area contributed by atoms with Gasteiger partial charge in [-0.05, 0) is 36.1 Å². The molecule has 0 fully saturated rings. The van der Waals surface area contributed by atoms with E-state index in [2.05, 4.69) is 13.0 Å². The summed E-state index contributed by atoms with van der Waals surface area (Å²) in [6.45, 7) is 2.72. The third kappa shape index (κ3) is 3.51. The predicted octanol–water partition coefficient (Wildman–Crippen LogP) is 2.12. The highest BCUT2D eigenvalue weighted by Gasteiger charge is 2.08. The van der Waals surface area contributed by atoms with Gasteiger partial charge in [-0.15, -0.1) is 0 Å². The van der Waals surface area contributed by atoms with Gasteiger partial charge in [0.2, 0.25) is 0 Å². The zero-order chi connectivity index (χ0) is 12.0. The van der Waals surface area contributed by atoms with Gasteiger partial charge in [-0.25, -0.2) is 0 Å². The molecule has 1 atom stereocenters. The maximum absolute atomic E-state index is 5.97. The minimum absolute atomic E-state index is 0.187. The van der Waals surface area contributed by atoms with E-state index in [1.807, 2.05) is 12.1 Å². The highest BCUT2D eigenvalue weighted by molar-refractivity contribution is 5.37. The van der Waals surface area contributed by atoms with Crippen LogP contribution in [0, 0.1) is 0 Å². The molecule has 0 aromatic heterocycles. The van der Waals surface area contributed by atoms with Crippen LogP contribution < -0.4 is 10.5 Å². The van der Waals surface area contributed by atoms with Crippen molar-refractivity contribution >= 4 is 0 Å². The molecule has 0 radical (unpaired) electrons. The highest BCUT2D eigenvalue weighted by Crippen LogP contribution is 2.22. The summed E-state index contributed by atoms with van der Waals surface area (Å²) >= 11 is 0. The third-order valence-corrected chi connectivity index (χ3v) is 2.66. The van der Waals surface area contributed by atoms with Crippen LogP contribution in [0.1, 0.15) is 24.5 Å².